The molecule has 0 spiro atoms. The number of aromatic nitrogens is 4. The van der Waals surface area contributed by atoms with Crippen LogP contribution < -0.4 is 5.32 Å². The van der Waals surface area contributed by atoms with E-state index in [0.29, 0.717) is 22.3 Å². The van der Waals surface area contributed by atoms with E-state index in [-0.39, 0.29) is 0 Å². The average molecular weight is 218 g/mol. The van der Waals surface area contributed by atoms with Crippen LogP contribution in [0.25, 0.3) is 0 Å². The molecular formula is C8H6N6S. The van der Waals surface area contributed by atoms with Crippen LogP contribution >= 0.6 is 11.5 Å². The maximum atomic E-state index is 8.81. The summed E-state index contributed by atoms with van der Waals surface area (Å²) in [5.74, 6) is 1.08. The summed E-state index contributed by atoms with van der Waals surface area (Å²) in [5, 5.41) is 19.8. The van der Waals surface area contributed by atoms with Crippen LogP contribution in [-0.4, -0.2) is 19.6 Å². The van der Waals surface area contributed by atoms with Crippen LogP contribution in [0.15, 0.2) is 12.3 Å². The zero-order valence-corrected chi connectivity index (χ0v) is 8.62. The second kappa shape index (κ2) is 3.98. The van der Waals surface area contributed by atoms with Gasteiger partial charge in [0.15, 0.2) is 5.82 Å². The van der Waals surface area contributed by atoms with Crippen molar-refractivity contribution in [3.63, 3.8) is 0 Å². The molecule has 0 aromatic carbocycles. The number of nitriles is 1. The van der Waals surface area contributed by atoms with E-state index in [1.165, 1.54) is 17.7 Å². The summed E-state index contributed by atoms with van der Waals surface area (Å²) in [4.78, 5) is 4.10. The molecule has 2 aromatic heterocycles. The Kier molecular flexibility index (Phi) is 2.51. The first-order valence-corrected chi connectivity index (χ1v) is 4.86. The predicted molar refractivity (Wildman–Crippen MR) is 54.7 cm³/mol. The van der Waals surface area contributed by atoms with Gasteiger partial charge in [0.1, 0.15) is 11.9 Å². The molecule has 0 aliphatic heterocycles. The summed E-state index contributed by atoms with van der Waals surface area (Å²) >= 11 is 1.21. The Morgan fingerprint density at radius 2 is 2.40 bits per heavy atom. The summed E-state index contributed by atoms with van der Waals surface area (Å²) < 4.78 is 4.01. The maximum absolute atomic E-state index is 8.81. The molecule has 0 saturated heterocycles. The number of hydrogen-bond acceptors (Lipinski definition) is 7. The van der Waals surface area contributed by atoms with Gasteiger partial charge >= 0.3 is 0 Å². The van der Waals surface area contributed by atoms with E-state index < -0.39 is 0 Å². The number of nitrogens with one attached hydrogen (secondary N) is 1. The monoisotopic (exact) mass is 218 g/mol. The van der Waals surface area contributed by atoms with Crippen molar-refractivity contribution < 1.29 is 0 Å². The van der Waals surface area contributed by atoms with Crippen molar-refractivity contribution in [2.75, 3.05) is 5.32 Å². The van der Waals surface area contributed by atoms with Crippen molar-refractivity contribution in [1.82, 2.24) is 19.6 Å². The van der Waals surface area contributed by atoms with E-state index in [1.54, 1.807) is 13.0 Å². The Morgan fingerprint density at radius 3 is 3.07 bits per heavy atom. The lowest BCUT2D eigenvalue weighted by molar-refractivity contribution is 1.03. The number of hydrogen-bond donors (Lipinski definition) is 1. The third-order valence-electron chi connectivity index (χ3n) is 1.59. The van der Waals surface area contributed by atoms with Gasteiger partial charge < -0.3 is 5.32 Å². The molecule has 2 heterocycles. The third kappa shape index (κ3) is 2.05. The summed E-state index contributed by atoms with van der Waals surface area (Å²) in [6.45, 7) is 1.80. The molecule has 0 bridgehead atoms. The average Bonchev–Trinajstić information content (AvgIpc) is 2.65. The summed E-state index contributed by atoms with van der Waals surface area (Å²) in [6, 6.07) is 3.60. The lowest BCUT2D eigenvalue weighted by Gasteiger charge is -2.00. The van der Waals surface area contributed by atoms with Crippen LogP contribution in [-0.2, 0) is 0 Å². The Bertz CT molecular complexity index is 514. The van der Waals surface area contributed by atoms with Gasteiger partial charge in [-0.3, -0.25) is 0 Å². The van der Waals surface area contributed by atoms with Crippen molar-refractivity contribution in [3.05, 3.63) is 23.7 Å². The highest BCUT2D eigenvalue weighted by Gasteiger charge is 2.06. The highest BCUT2D eigenvalue weighted by atomic mass is 32.1. The Labute approximate surface area is 89.8 Å². The third-order valence-corrected chi connectivity index (χ3v) is 2.32. The van der Waals surface area contributed by atoms with Gasteiger partial charge in [-0.25, -0.2) is 4.98 Å². The lowest BCUT2D eigenvalue weighted by atomic mass is 10.3. The van der Waals surface area contributed by atoms with Gasteiger partial charge in [0.2, 0.25) is 5.13 Å². The molecule has 0 atom stereocenters. The molecule has 0 aliphatic carbocycles. The van der Waals surface area contributed by atoms with Crippen molar-refractivity contribution in [1.29, 1.82) is 5.26 Å². The summed E-state index contributed by atoms with van der Waals surface area (Å²) in [7, 11) is 0. The molecule has 1 N–H and O–H groups in total. The maximum Gasteiger partial charge on any atom is 0.208 e. The molecule has 74 valence electrons. The van der Waals surface area contributed by atoms with Crippen molar-refractivity contribution >= 4 is 22.5 Å². The first-order chi connectivity index (χ1) is 7.29. The second-order valence-electron chi connectivity index (χ2n) is 2.68. The minimum absolute atomic E-state index is 0.399. The normalized spacial score (nSPS) is 9.60. The van der Waals surface area contributed by atoms with Gasteiger partial charge in [-0.1, -0.05) is 0 Å². The van der Waals surface area contributed by atoms with E-state index >= 15 is 0 Å². The number of anilines is 2. The van der Waals surface area contributed by atoms with Crippen LogP contribution in [0.2, 0.25) is 0 Å². The van der Waals surface area contributed by atoms with E-state index in [4.69, 9.17) is 5.26 Å². The lowest BCUT2D eigenvalue weighted by Crippen LogP contribution is -1.97. The minimum Gasteiger partial charge on any atom is -0.312 e. The van der Waals surface area contributed by atoms with Crippen molar-refractivity contribution in [2.45, 2.75) is 6.92 Å². The molecule has 7 heteroatoms. The number of rotatable bonds is 2. The van der Waals surface area contributed by atoms with Crippen molar-refractivity contribution in [2.24, 2.45) is 0 Å². The standard InChI is InChI=1S/C8H6N6S/c1-5-11-8(15-14-5)12-7-6(4-9)2-3-10-13-7/h2-3H,1H3,(H,11,12,13,14). The zero-order chi connectivity index (χ0) is 10.7. The molecule has 0 unspecified atom stereocenters. The van der Waals surface area contributed by atoms with Crippen LogP contribution in [0, 0.1) is 18.3 Å². The Hall–Kier alpha value is -2.07. The largest absolute Gasteiger partial charge is 0.312 e. The molecule has 0 radical (unpaired) electrons. The molecule has 2 aromatic rings. The fourth-order valence-corrected chi connectivity index (χ4v) is 1.54. The van der Waals surface area contributed by atoms with Crippen LogP contribution in [0.4, 0.5) is 10.9 Å². The first kappa shape index (κ1) is 9.48. The molecule has 0 amide bonds. The molecule has 0 fully saturated rings. The van der Waals surface area contributed by atoms with Gasteiger partial charge in [-0.15, -0.1) is 5.10 Å². The zero-order valence-electron chi connectivity index (χ0n) is 7.80. The van der Waals surface area contributed by atoms with Crippen LogP contribution in [0.3, 0.4) is 0 Å². The first-order valence-electron chi connectivity index (χ1n) is 4.08. The van der Waals surface area contributed by atoms with Crippen molar-refractivity contribution in [3.8, 4) is 6.07 Å². The molecule has 0 aliphatic rings. The minimum atomic E-state index is 0.399. The van der Waals surface area contributed by atoms with E-state index in [2.05, 4.69) is 24.9 Å². The second-order valence-corrected chi connectivity index (χ2v) is 3.43. The molecular weight excluding hydrogens is 212 g/mol. The van der Waals surface area contributed by atoms with Gasteiger partial charge in [0.05, 0.1) is 11.8 Å². The quantitative estimate of drug-likeness (QED) is 0.816. The number of aryl methyl sites for hydroxylation is 1. The fraction of sp³-hybridized carbons (Fsp3) is 0.125. The highest BCUT2D eigenvalue weighted by molar-refractivity contribution is 7.09. The molecule has 15 heavy (non-hydrogen) atoms. The van der Waals surface area contributed by atoms with Gasteiger partial charge in [0.25, 0.3) is 0 Å². The Balaban J connectivity index is 2.28. The molecule has 2 rings (SSSR count). The van der Waals surface area contributed by atoms with E-state index in [1.807, 2.05) is 6.07 Å². The Morgan fingerprint density at radius 1 is 1.53 bits per heavy atom. The summed E-state index contributed by atoms with van der Waals surface area (Å²) in [5.41, 5.74) is 0.429. The topological polar surface area (TPSA) is 87.4 Å². The van der Waals surface area contributed by atoms with Crippen LogP contribution in [0.1, 0.15) is 11.4 Å². The predicted octanol–water partition coefficient (Wildman–Crippen LogP) is 1.25. The SMILES string of the molecule is Cc1nsc(Nc2nnccc2C#N)n1. The molecule has 0 saturated carbocycles. The van der Waals surface area contributed by atoms with Crippen LogP contribution in [0.5, 0.6) is 0 Å². The highest BCUT2D eigenvalue weighted by Crippen LogP contribution is 2.18. The molecule has 6 nitrogen and oxygen atoms in total. The number of nitrogens with zero attached hydrogens (tertiary/aromatic N) is 5. The van der Waals surface area contributed by atoms with Gasteiger partial charge in [-0.2, -0.15) is 14.7 Å². The smallest absolute Gasteiger partial charge is 0.208 e. The van der Waals surface area contributed by atoms with E-state index in [0.717, 1.165) is 0 Å². The fourth-order valence-electron chi connectivity index (χ4n) is 0.963. The summed E-state index contributed by atoms with van der Waals surface area (Å²) in [6.07, 6.45) is 1.47. The van der Waals surface area contributed by atoms with Gasteiger partial charge in [-0.05, 0) is 13.0 Å². The van der Waals surface area contributed by atoms with E-state index in [9.17, 15) is 0 Å². The van der Waals surface area contributed by atoms with Gasteiger partial charge in [0, 0.05) is 11.5 Å².